The number of aromatic nitrogens is 1. The van der Waals surface area contributed by atoms with Gasteiger partial charge in [-0.05, 0) is 43.3 Å². The van der Waals surface area contributed by atoms with Crippen LogP contribution in [0.2, 0.25) is 5.15 Å². The SMILES string of the molecule is CC(=O)c1ccc(NS(=O)(=O)c2ccc(Cl)nc2)cc1. The van der Waals surface area contributed by atoms with Gasteiger partial charge in [0.25, 0.3) is 10.0 Å². The van der Waals surface area contributed by atoms with Crippen LogP contribution in [0.3, 0.4) is 0 Å². The molecule has 0 fully saturated rings. The first-order valence-corrected chi connectivity index (χ1v) is 7.50. The highest BCUT2D eigenvalue weighted by Crippen LogP contribution is 2.17. The summed E-state index contributed by atoms with van der Waals surface area (Å²) in [5.74, 6) is -0.0821. The smallest absolute Gasteiger partial charge is 0.263 e. The number of ketones is 1. The van der Waals surface area contributed by atoms with Crippen LogP contribution in [0.25, 0.3) is 0 Å². The van der Waals surface area contributed by atoms with E-state index in [-0.39, 0.29) is 15.8 Å². The molecule has 0 unspecified atom stereocenters. The number of nitrogens with zero attached hydrogens (tertiary/aromatic N) is 1. The van der Waals surface area contributed by atoms with Gasteiger partial charge in [-0.2, -0.15) is 0 Å². The largest absolute Gasteiger partial charge is 0.295 e. The second-order valence-electron chi connectivity index (χ2n) is 4.06. The lowest BCUT2D eigenvalue weighted by Crippen LogP contribution is -2.13. The Balaban J connectivity index is 2.24. The van der Waals surface area contributed by atoms with Gasteiger partial charge >= 0.3 is 0 Å². The molecule has 1 aromatic heterocycles. The van der Waals surface area contributed by atoms with Gasteiger partial charge in [0.05, 0.1) is 0 Å². The van der Waals surface area contributed by atoms with Gasteiger partial charge in [-0.3, -0.25) is 9.52 Å². The van der Waals surface area contributed by atoms with E-state index in [1.807, 2.05) is 0 Å². The number of halogens is 1. The van der Waals surface area contributed by atoms with Crippen LogP contribution in [0, 0.1) is 0 Å². The molecule has 0 saturated heterocycles. The molecule has 1 N–H and O–H groups in total. The highest BCUT2D eigenvalue weighted by molar-refractivity contribution is 7.92. The summed E-state index contributed by atoms with van der Waals surface area (Å²) in [6, 6.07) is 8.92. The van der Waals surface area contributed by atoms with Gasteiger partial charge in [-0.1, -0.05) is 11.6 Å². The molecule has 20 heavy (non-hydrogen) atoms. The third-order valence-electron chi connectivity index (χ3n) is 2.55. The molecule has 0 aliphatic rings. The van der Waals surface area contributed by atoms with Gasteiger partial charge < -0.3 is 0 Å². The zero-order chi connectivity index (χ0) is 14.8. The lowest BCUT2D eigenvalue weighted by molar-refractivity contribution is 0.101. The van der Waals surface area contributed by atoms with E-state index in [1.54, 1.807) is 12.1 Å². The fourth-order valence-electron chi connectivity index (χ4n) is 1.51. The first-order valence-electron chi connectivity index (χ1n) is 5.64. The van der Waals surface area contributed by atoms with Gasteiger partial charge in [0.15, 0.2) is 5.78 Å². The number of benzene rings is 1. The maximum atomic E-state index is 12.1. The lowest BCUT2D eigenvalue weighted by atomic mass is 10.1. The number of rotatable bonds is 4. The maximum Gasteiger partial charge on any atom is 0.263 e. The number of Topliss-reactive ketones (excluding diaryl/α,β-unsaturated/α-hetero) is 1. The summed E-state index contributed by atoms with van der Waals surface area (Å²) in [5, 5.41) is 0.217. The second-order valence-corrected chi connectivity index (χ2v) is 6.13. The molecular weight excluding hydrogens is 300 g/mol. The van der Waals surface area contributed by atoms with Crippen LogP contribution in [-0.4, -0.2) is 19.2 Å². The third kappa shape index (κ3) is 3.34. The number of carbonyl (C=O) groups is 1. The van der Waals surface area contributed by atoms with Crippen molar-refractivity contribution in [1.29, 1.82) is 0 Å². The molecule has 0 amide bonds. The molecule has 104 valence electrons. The Bertz CT molecular complexity index is 725. The minimum Gasteiger partial charge on any atom is -0.295 e. The van der Waals surface area contributed by atoms with Gasteiger partial charge in [-0.15, -0.1) is 0 Å². The Labute approximate surface area is 121 Å². The molecule has 0 saturated carbocycles. The third-order valence-corrected chi connectivity index (χ3v) is 4.14. The molecule has 0 radical (unpaired) electrons. The van der Waals surface area contributed by atoms with Crippen molar-refractivity contribution in [2.75, 3.05) is 4.72 Å². The monoisotopic (exact) mass is 310 g/mol. The van der Waals surface area contributed by atoms with Crippen molar-refractivity contribution in [1.82, 2.24) is 4.98 Å². The van der Waals surface area contributed by atoms with E-state index < -0.39 is 10.0 Å². The normalized spacial score (nSPS) is 11.1. The van der Waals surface area contributed by atoms with Gasteiger partial charge in [0.1, 0.15) is 10.0 Å². The number of anilines is 1. The average Bonchev–Trinajstić information content (AvgIpc) is 2.39. The van der Waals surface area contributed by atoms with Crippen molar-refractivity contribution in [2.24, 2.45) is 0 Å². The molecule has 2 rings (SSSR count). The number of nitrogens with one attached hydrogen (secondary N) is 1. The maximum absolute atomic E-state index is 12.1. The van der Waals surface area contributed by atoms with Crippen LogP contribution in [0.15, 0.2) is 47.5 Å². The number of sulfonamides is 1. The van der Waals surface area contributed by atoms with E-state index >= 15 is 0 Å². The van der Waals surface area contributed by atoms with Crippen molar-refractivity contribution in [2.45, 2.75) is 11.8 Å². The highest BCUT2D eigenvalue weighted by Gasteiger charge is 2.14. The molecule has 5 nitrogen and oxygen atoms in total. The zero-order valence-corrected chi connectivity index (χ0v) is 12.1. The quantitative estimate of drug-likeness (QED) is 0.696. The molecule has 2 aromatic rings. The Morgan fingerprint density at radius 2 is 1.80 bits per heavy atom. The van der Waals surface area contributed by atoms with E-state index in [2.05, 4.69) is 9.71 Å². The zero-order valence-electron chi connectivity index (χ0n) is 10.5. The first kappa shape index (κ1) is 14.5. The predicted octanol–water partition coefficient (Wildman–Crippen LogP) is 2.74. The van der Waals surface area contributed by atoms with Gasteiger partial charge in [-0.25, -0.2) is 13.4 Å². The first-order chi connectivity index (χ1) is 9.38. The molecule has 7 heteroatoms. The fraction of sp³-hybridized carbons (Fsp3) is 0.0769. The van der Waals surface area contributed by atoms with Crippen LogP contribution in [-0.2, 0) is 10.0 Å². The van der Waals surface area contributed by atoms with Crippen molar-refractivity contribution >= 4 is 33.1 Å². The Morgan fingerprint density at radius 3 is 2.30 bits per heavy atom. The number of hydrogen-bond acceptors (Lipinski definition) is 4. The number of pyridine rings is 1. The fourth-order valence-corrected chi connectivity index (χ4v) is 2.62. The number of carbonyl (C=O) groups excluding carboxylic acids is 1. The summed E-state index contributed by atoms with van der Waals surface area (Å²) in [4.78, 5) is 14.9. The van der Waals surface area contributed by atoms with E-state index in [9.17, 15) is 13.2 Å². The van der Waals surface area contributed by atoms with E-state index in [4.69, 9.17) is 11.6 Å². The molecule has 0 aliphatic heterocycles. The predicted molar refractivity (Wildman–Crippen MR) is 76.5 cm³/mol. The molecular formula is C13H11ClN2O3S. The molecule has 0 spiro atoms. The summed E-state index contributed by atoms with van der Waals surface area (Å²) in [6.45, 7) is 1.44. The van der Waals surface area contributed by atoms with Gasteiger partial charge in [0.2, 0.25) is 0 Å². The topological polar surface area (TPSA) is 76.1 Å². The van der Waals surface area contributed by atoms with E-state index in [0.717, 1.165) is 0 Å². The summed E-state index contributed by atoms with van der Waals surface area (Å²) >= 11 is 5.61. The molecule has 0 aliphatic carbocycles. The summed E-state index contributed by atoms with van der Waals surface area (Å²) < 4.78 is 26.5. The highest BCUT2D eigenvalue weighted by atomic mass is 35.5. The Hall–Kier alpha value is -1.92. The van der Waals surface area contributed by atoms with Crippen molar-refractivity contribution in [3.63, 3.8) is 0 Å². The van der Waals surface area contributed by atoms with Crippen molar-refractivity contribution < 1.29 is 13.2 Å². The average molecular weight is 311 g/mol. The number of hydrogen-bond donors (Lipinski definition) is 1. The Kier molecular flexibility index (Phi) is 4.06. The molecule has 0 atom stereocenters. The Morgan fingerprint density at radius 1 is 1.15 bits per heavy atom. The van der Waals surface area contributed by atoms with E-state index in [0.29, 0.717) is 11.3 Å². The van der Waals surface area contributed by atoms with Crippen molar-refractivity contribution in [3.8, 4) is 0 Å². The standard InChI is InChI=1S/C13H11ClN2O3S/c1-9(17)10-2-4-11(5-3-10)16-20(18,19)12-6-7-13(14)15-8-12/h2-8,16H,1H3. The minimum absolute atomic E-state index is 0.0116. The second kappa shape index (κ2) is 5.60. The van der Waals surface area contributed by atoms with E-state index in [1.165, 1.54) is 37.4 Å². The summed E-state index contributed by atoms with van der Waals surface area (Å²) in [7, 11) is -3.72. The van der Waals surface area contributed by atoms with Crippen LogP contribution in [0.4, 0.5) is 5.69 Å². The summed E-state index contributed by atoms with van der Waals surface area (Å²) in [5.41, 5.74) is 0.881. The summed E-state index contributed by atoms with van der Waals surface area (Å²) in [6.07, 6.45) is 1.18. The minimum atomic E-state index is -3.72. The van der Waals surface area contributed by atoms with Crippen molar-refractivity contribution in [3.05, 3.63) is 53.3 Å². The lowest BCUT2D eigenvalue weighted by Gasteiger charge is -2.08. The van der Waals surface area contributed by atoms with Crippen LogP contribution >= 0.6 is 11.6 Å². The molecule has 0 bridgehead atoms. The molecule has 1 heterocycles. The van der Waals surface area contributed by atoms with Gasteiger partial charge in [0, 0.05) is 17.4 Å². The molecule has 1 aromatic carbocycles. The van der Waals surface area contributed by atoms with Crippen LogP contribution in [0.1, 0.15) is 17.3 Å². The van der Waals surface area contributed by atoms with Crippen LogP contribution in [0.5, 0.6) is 0 Å². The van der Waals surface area contributed by atoms with Crippen LogP contribution < -0.4 is 4.72 Å².